The molecule has 1 unspecified atom stereocenters. The van der Waals surface area contributed by atoms with Gasteiger partial charge >= 0.3 is 17.4 Å². The summed E-state index contributed by atoms with van der Waals surface area (Å²) in [7, 11) is 8.18. The second-order valence-electron chi connectivity index (χ2n) is 32.8. The number of pyridine rings is 9. The number of hydrogen-bond acceptors (Lipinski definition) is 28. The first-order valence-electron chi connectivity index (χ1n) is 44.5. The van der Waals surface area contributed by atoms with Gasteiger partial charge in [0.15, 0.2) is 0 Å². The van der Waals surface area contributed by atoms with Crippen molar-refractivity contribution in [3.05, 3.63) is 237 Å². The molecule has 15 rings (SSSR count). The van der Waals surface area contributed by atoms with Crippen LogP contribution in [0.5, 0.6) is 28.7 Å². The Bertz CT molecular complexity index is 6650. The lowest BCUT2D eigenvalue weighted by molar-refractivity contribution is 0.0516. The van der Waals surface area contributed by atoms with E-state index in [1.54, 1.807) is 41.6 Å². The fraction of sp³-hybridized carbons (Fsp3) is 0.300. The van der Waals surface area contributed by atoms with Gasteiger partial charge in [0, 0.05) is 96.0 Å². The van der Waals surface area contributed by atoms with Gasteiger partial charge in [-0.05, 0) is 333 Å². The van der Waals surface area contributed by atoms with E-state index in [1.165, 1.54) is 0 Å². The minimum Gasteiger partial charge on any atom is -0.497 e. The Morgan fingerprint density at radius 2 is 0.712 bits per heavy atom. The maximum Gasteiger partial charge on any atom is 0.407 e. The van der Waals surface area contributed by atoms with Gasteiger partial charge in [-0.3, -0.25) is 14.4 Å². The van der Waals surface area contributed by atoms with E-state index < -0.39 is 28.6 Å². The minimum absolute atomic E-state index is 0.138. The second-order valence-corrected chi connectivity index (χ2v) is 41.0. The molecular formula is C100H114Cl7N20O11P. The second kappa shape index (κ2) is 53.7. The molecule has 2 amide bonds. The maximum atomic E-state index is 12.1. The van der Waals surface area contributed by atoms with Crippen molar-refractivity contribution < 1.29 is 47.3 Å². The summed E-state index contributed by atoms with van der Waals surface area (Å²) in [6.45, 7) is 17.5. The number of benzene rings is 5. The number of rotatable bonds is 32. The Labute approximate surface area is 841 Å². The SMILES string of the molecule is COc1ccc(-c2cc3c(c(=O)[nH]2)=CCC(Cl)N=3)cc1.COc1ccc(-c2cc3nc(Cl)ccc3c(Cl)n2)cc1.COc1ccc(-c2cc3nc(NCCCN)ccc3c(NCCCN)n2)cc1.COc1ccc(-c2cc3nc(NCCCNC(=O)OC(C)(C)C)ccc3c(Cl)n2)cc1.COc1ccc(-c2cc3nc(NCCCNC(=O)OC(C)(C)C)ccc3c(NCCCN)n2)cc1.O=P(Cl)(Cl)Cl. The quantitative estimate of drug-likeness (QED) is 0.00613. The van der Waals surface area contributed by atoms with Gasteiger partial charge in [-0.25, -0.2) is 49.5 Å². The molecule has 5 aromatic carbocycles. The molecule has 39 heteroatoms. The van der Waals surface area contributed by atoms with Crippen molar-refractivity contribution in [3.8, 4) is 85.0 Å². The summed E-state index contributed by atoms with van der Waals surface area (Å²) in [5.41, 5.74) is 27.3. The molecule has 0 fully saturated rings. The first-order valence-corrected chi connectivity index (χ1v) is 50.5. The number of alkyl carbamates (subject to hydrolysis) is 2. The third-order valence-electron chi connectivity index (χ3n) is 20.1. The number of alkyl halides is 1. The highest BCUT2D eigenvalue weighted by molar-refractivity contribution is 8.24. The predicted octanol–water partition coefficient (Wildman–Crippen LogP) is 21.3. The molecule has 14 aromatic rings. The van der Waals surface area contributed by atoms with Gasteiger partial charge in [-0.2, -0.15) is 0 Å². The number of carbonyl (C=O) groups excluding carboxylic acids is 2. The summed E-state index contributed by atoms with van der Waals surface area (Å²) in [5.74, 6) is 7.87. The van der Waals surface area contributed by atoms with E-state index in [2.05, 4.69) is 101 Å². The highest BCUT2D eigenvalue weighted by Crippen LogP contribution is 2.61. The van der Waals surface area contributed by atoms with Crippen LogP contribution in [0.2, 0.25) is 15.5 Å². The van der Waals surface area contributed by atoms with Crippen LogP contribution in [-0.4, -0.2) is 175 Å². The molecule has 10 heterocycles. The number of anilines is 5. The van der Waals surface area contributed by atoms with Crippen LogP contribution in [0, 0.1) is 0 Å². The van der Waals surface area contributed by atoms with Crippen molar-refractivity contribution >= 4 is 176 Å². The smallest absolute Gasteiger partial charge is 0.407 e. The molecule has 14 N–H and O–H groups in total. The first kappa shape index (κ1) is 109. The number of halogens is 7. The molecule has 139 heavy (non-hydrogen) atoms. The number of amides is 2. The number of aromatic nitrogens is 9. The Hall–Kier alpha value is -12.4. The number of nitrogens with two attached hydrogens (primary N) is 3. The van der Waals surface area contributed by atoms with E-state index in [1.807, 2.05) is 242 Å². The molecule has 1 aliphatic rings. The highest BCUT2D eigenvalue weighted by Gasteiger charge is 2.20. The Kier molecular flexibility index (Phi) is 42.0. The number of methoxy groups -OCH3 is 5. The van der Waals surface area contributed by atoms with Gasteiger partial charge in [0.2, 0.25) is 0 Å². The summed E-state index contributed by atoms with van der Waals surface area (Å²) >= 11 is 38.4. The third kappa shape index (κ3) is 35.2. The van der Waals surface area contributed by atoms with Crippen molar-refractivity contribution in [2.45, 2.75) is 96.8 Å². The van der Waals surface area contributed by atoms with Crippen molar-refractivity contribution in [1.29, 1.82) is 0 Å². The Morgan fingerprint density at radius 3 is 1.06 bits per heavy atom. The van der Waals surface area contributed by atoms with Crippen molar-refractivity contribution in [3.63, 3.8) is 0 Å². The van der Waals surface area contributed by atoms with E-state index in [0.717, 1.165) is 209 Å². The molecule has 0 aliphatic carbocycles. The van der Waals surface area contributed by atoms with Gasteiger partial charge in [0.25, 0.3) is 5.56 Å². The van der Waals surface area contributed by atoms with Gasteiger partial charge < -0.3 is 92.6 Å². The summed E-state index contributed by atoms with van der Waals surface area (Å²) in [6, 6.07) is 63.3. The lowest BCUT2D eigenvalue weighted by Gasteiger charge is -2.19. The lowest BCUT2D eigenvalue weighted by atomic mass is 10.1. The van der Waals surface area contributed by atoms with E-state index in [-0.39, 0.29) is 11.1 Å². The number of fused-ring (bicyclic) bond motifs is 5. The number of ether oxygens (including phenoxy) is 7. The number of hydrogen-bond donors (Lipinski definition) is 11. The van der Waals surface area contributed by atoms with E-state index in [0.29, 0.717) is 78.3 Å². The van der Waals surface area contributed by atoms with Gasteiger partial charge in [0.05, 0.1) is 96.7 Å². The van der Waals surface area contributed by atoms with Crippen LogP contribution < -0.4 is 94.2 Å². The summed E-state index contributed by atoms with van der Waals surface area (Å²) in [6.07, 6.45) is 5.68. The van der Waals surface area contributed by atoms with Crippen LogP contribution in [0.3, 0.4) is 0 Å². The van der Waals surface area contributed by atoms with Crippen LogP contribution in [0.1, 0.15) is 80.1 Å². The molecule has 0 radical (unpaired) electrons. The van der Waals surface area contributed by atoms with Crippen LogP contribution in [-0.2, 0) is 14.0 Å². The molecule has 734 valence electrons. The standard InChI is InChI=1S/C26H36N6O3.C23H27ClN4O3.C21H28N6O.C15H10Cl2N2O.C15H13ClN2O2.Cl3OP/c1-26(2,3)35-25(33)30-16-6-15-28-23-12-11-20-22(31-23)17-21(32-24(20)29-14-5-13-27)18-7-9-19(34-4)10-8-18;1-23(2,3)31-22(29)26-13-5-12-25-20-11-10-17-19(27-20)14-18(28-21(17)24)15-6-8-16(30-4)9-7-15;1-28-16-6-4-15(5-7-16)18-14-19-17(21(27-18)25-13-3-11-23)8-9-20(26-19)24-12-2-10-22;1-20-10-4-2-9(3-5-10)12-8-13-11(15(17)19-12)6-7-14(16)18-13;1-20-10-4-2-9(3-5-10)12-8-13-11(15(19)18-12)6-7-14(16)17-13;1-5(2,3)4/h7-12,17H,5-6,13-16,27H2,1-4H3,(H,28,31)(H,29,32)(H,30,33);6-11,14H,5,12-13H2,1-4H3,(H,25,27)(H,26,29);4-9,14H,2-3,10-13,22-23H2,1H3,(H,24,26)(H,25,27);2-8H,1H3;2-6,8,14H,7H2,1H3,(H,18,19);. The topological polar surface area (TPSA) is 426 Å². The third-order valence-corrected chi connectivity index (χ3v) is 21.2. The van der Waals surface area contributed by atoms with Gasteiger partial charge in [-0.1, -0.05) is 52.5 Å². The maximum absolute atomic E-state index is 12.1. The zero-order chi connectivity index (χ0) is 100. The molecule has 1 atom stereocenters. The van der Waals surface area contributed by atoms with Crippen LogP contribution in [0.15, 0.2) is 210 Å². The molecule has 31 nitrogen and oxygen atoms in total. The molecular weight excluding hydrogens is 1940 g/mol. The number of aromatic amines is 1. The zero-order valence-electron chi connectivity index (χ0n) is 78.9. The van der Waals surface area contributed by atoms with Crippen LogP contribution >= 0.6 is 85.3 Å². The Balaban J connectivity index is 0.000000179. The average Bonchev–Trinajstić information content (AvgIpc) is 0.801. The van der Waals surface area contributed by atoms with E-state index in [9.17, 15) is 18.9 Å². The Morgan fingerprint density at radius 1 is 0.403 bits per heavy atom. The minimum atomic E-state index is -3.22. The highest BCUT2D eigenvalue weighted by atomic mass is 36.0. The fourth-order valence-corrected chi connectivity index (χ4v) is 14.2. The predicted molar refractivity (Wildman–Crippen MR) is 566 cm³/mol. The number of nitrogens with zero attached hydrogens (tertiary/aromatic N) is 9. The first-order chi connectivity index (χ1) is 66.6. The normalized spacial score (nSPS) is 11.9. The van der Waals surface area contributed by atoms with Crippen molar-refractivity contribution in [2.24, 2.45) is 22.2 Å². The molecule has 1 aliphatic heterocycles. The van der Waals surface area contributed by atoms with Gasteiger partial charge in [0.1, 0.15) is 90.0 Å². The summed E-state index contributed by atoms with van der Waals surface area (Å²) in [5, 5.41) is 25.0. The number of nitrogens with one attached hydrogen (secondary N) is 8. The summed E-state index contributed by atoms with van der Waals surface area (Å²) in [4.78, 5) is 79.8. The lowest BCUT2D eigenvalue weighted by Crippen LogP contribution is -2.43. The van der Waals surface area contributed by atoms with Gasteiger partial charge in [-0.15, -0.1) is 0 Å². The molecule has 0 bridgehead atoms. The molecule has 9 aromatic heterocycles. The molecule has 0 saturated carbocycles. The zero-order valence-corrected chi connectivity index (χ0v) is 85.0. The van der Waals surface area contributed by atoms with Crippen LogP contribution in [0.4, 0.5) is 38.7 Å². The van der Waals surface area contributed by atoms with Crippen molar-refractivity contribution in [1.82, 2.24) is 55.5 Å². The van der Waals surface area contributed by atoms with E-state index in [4.69, 9.17) is 117 Å². The molecule has 0 saturated heterocycles. The average molecular weight is 2050 g/mol. The number of H-pyrrole nitrogens is 1. The fourth-order valence-electron chi connectivity index (χ4n) is 13.4. The summed E-state index contributed by atoms with van der Waals surface area (Å²) < 4.78 is 46.0. The molecule has 0 spiro atoms. The van der Waals surface area contributed by atoms with Crippen molar-refractivity contribution in [2.75, 3.05) is 128 Å². The monoisotopic (exact) mass is 2050 g/mol. The number of carbonyl (C=O) groups is 2. The van der Waals surface area contributed by atoms with Crippen LogP contribution in [0.25, 0.3) is 106 Å². The largest absolute Gasteiger partial charge is 0.497 e. The van der Waals surface area contributed by atoms with E-state index >= 15 is 0 Å².